The summed E-state index contributed by atoms with van der Waals surface area (Å²) in [6.07, 6.45) is 3.78. The van der Waals surface area contributed by atoms with Gasteiger partial charge in [0.05, 0.1) is 19.4 Å². The number of aryl methyl sites for hydroxylation is 1. The summed E-state index contributed by atoms with van der Waals surface area (Å²) in [5, 5.41) is 15.0. The van der Waals surface area contributed by atoms with Gasteiger partial charge in [-0.25, -0.2) is 4.39 Å². The molecule has 0 aliphatic carbocycles. The van der Waals surface area contributed by atoms with Gasteiger partial charge in [-0.1, -0.05) is 0 Å². The molecule has 24 heavy (non-hydrogen) atoms. The normalized spacial score (nSPS) is 22.3. The number of aromatic nitrogens is 2. The van der Waals surface area contributed by atoms with Gasteiger partial charge in [0.15, 0.2) is 0 Å². The molecule has 1 atom stereocenters. The summed E-state index contributed by atoms with van der Waals surface area (Å²) >= 11 is 0. The number of benzene rings is 1. The summed E-state index contributed by atoms with van der Waals surface area (Å²) in [5.41, 5.74) is -0.0335. The molecule has 0 spiro atoms. The minimum Gasteiger partial charge on any atom is -0.490 e. The van der Waals surface area contributed by atoms with E-state index in [9.17, 15) is 9.50 Å². The SMILES string of the molecule is Cn1cc(CN2CCOC[C@](O)(COc3ccc(F)cc3)C2)cn1. The van der Waals surface area contributed by atoms with E-state index < -0.39 is 5.60 Å². The van der Waals surface area contributed by atoms with Crippen molar-refractivity contribution in [3.05, 3.63) is 48.0 Å². The predicted molar refractivity (Wildman–Crippen MR) is 86.1 cm³/mol. The van der Waals surface area contributed by atoms with Gasteiger partial charge in [-0.15, -0.1) is 0 Å². The molecule has 2 aromatic rings. The van der Waals surface area contributed by atoms with Gasteiger partial charge in [-0.3, -0.25) is 9.58 Å². The van der Waals surface area contributed by atoms with Crippen molar-refractivity contribution < 1.29 is 19.0 Å². The molecule has 1 saturated heterocycles. The number of nitrogens with zero attached hydrogens (tertiary/aromatic N) is 3. The molecule has 0 unspecified atom stereocenters. The van der Waals surface area contributed by atoms with Gasteiger partial charge in [0, 0.05) is 38.4 Å². The van der Waals surface area contributed by atoms with Crippen molar-refractivity contribution in [1.29, 1.82) is 0 Å². The lowest BCUT2D eigenvalue weighted by Gasteiger charge is -2.30. The number of β-amino-alcohol motifs (C(OH)–C–C–N with tert-alkyl or cyclic N) is 1. The molecule has 0 bridgehead atoms. The first-order chi connectivity index (χ1) is 11.5. The lowest BCUT2D eigenvalue weighted by molar-refractivity contribution is -0.0646. The Hall–Kier alpha value is -1.96. The largest absolute Gasteiger partial charge is 0.490 e. The molecule has 130 valence electrons. The number of hydrogen-bond acceptors (Lipinski definition) is 5. The highest BCUT2D eigenvalue weighted by atomic mass is 19.1. The summed E-state index contributed by atoms with van der Waals surface area (Å²) < 4.78 is 25.8. The third kappa shape index (κ3) is 4.53. The van der Waals surface area contributed by atoms with Crippen LogP contribution in [-0.4, -0.2) is 58.3 Å². The highest BCUT2D eigenvalue weighted by Crippen LogP contribution is 2.18. The van der Waals surface area contributed by atoms with Gasteiger partial charge < -0.3 is 14.6 Å². The number of rotatable bonds is 5. The summed E-state index contributed by atoms with van der Waals surface area (Å²) in [6, 6.07) is 5.75. The Kier molecular flexibility index (Phi) is 5.13. The minimum atomic E-state index is -1.12. The van der Waals surface area contributed by atoms with E-state index in [1.807, 2.05) is 19.4 Å². The van der Waals surface area contributed by atoms with Gasteiger partial charge in [-0.05, 0) is 24.3 Å². The fraction of sp³-hybridized carbons (Fsp3) is 0.471. The molecule has 7 heteroatoms. The third-order valence-corrected chi connectivity index (χ3v) is 3.93. The minimum absolute atomic E-state index is 0.0855. The fourth-order valence-corrected chi connectivity index (χ4v) is 2.78. The molecule has 1 aliphatic heterocycles. The molecule has 0 amide bonds. The molecule has 1 fully saturated rings. The monoisotopic (exact) mass is 335 g/mol. The van der Waals surface area contributed by atoms with Crippen LogP contribution >= 0.6 is 0 Å². The van der Waals surface area contributed by atoms with E-state index in [2.05, 4.69) is 10.00 Å². The van der Waals surface area contributed by atoms with Crippen LogP contribution in [0.1, 0.15) is 5.56 Å². The Bertz CT molecular complexity index is 661. The first-order valence-corrected chi connectivity index (χ1v) is 7.91. The van der Waals surface area contributed by atoms with E-state index in [4.69, 9.17) is 9.47 Å². The summed E-state index contributed by atoms with van der Waals surface area (Å²) in [7, 11) is 1.88. The van der Waals surface area contributed by atoms with E-state index in [1.54, 1.807) is 16.8 Å². The lowest BCUT2D eigenvalue weighted by Crippen LogP contribution is -2.48. The Morgan fingerprint density at radius 3 is 2.88 bits per heavy atom. The molecule has 0 radical (unpaired) electrons. The third-order valence-electron chi connectivity index (χ3n) is 3.93. The maximum atomic E-state index is 12.9. The van der Waals surface area contributed by atoms with Crippen LogP contribution in [0.3, 0.4) is 0 Å². The summed E-state index contributed by atoms with van der Waals surface area (Å²) in [6.45, 7) is 2.70. The molecule has 3 rings (SSSR count). The Morgan fingerprint density at radius 1 is 1.38 bits per heavy atom. The van der Waals surface area contributed by atoms with Crippen molar-refractivity contribution in [3.63, 3.8) is 0 Å². The zero-order chi connectivity index (χ0) is 17.0. The van der Waals surface area contributed by atoms with E-state index in [-0.39, 0.29) is 19.0 Å². The standard InChI is InChI=1S/C17H22FN3O3/c1-20-9-14(8-19-20)10-21-6-7-23-12-17(22,11-21)13-24-16-4-2-15(18)3-5-16/h2-5,8-9,22H,6-7,10-13H2,1H3/t17-/m0/s1. The van der Waals surface area contributed by atoms with Crippen LogP contribution in [0.15, 0.2) is 36.7 Å². The second-order valence-electron chi connectivity index (χ2n) is 6.25. The average Bonchev–Trinajstić information content (AvgIpc) is 2.86. The molecule has 1 aromatic carbocycles. The van der Waals surface area contributed by atoms with Crippen molar-refractivity contribution in [1.82, 2.24) is 14.7 Å². The topological polar surface area (TPSA) is 59.8 Å². The van der Waals surface area contributed by atoms with Crippen molar-refractivity contribution in [2.24, 2.45) is 7.05 Å². The number of ether oxygens (including phenoxy) is 2. The number of halogens is 1. The maximum Gasteiger partial charge on any atom is 0.134 e. The number of aliphatic hydroxyl groups is 1. The van der Waals surface area contributed by atoms with Crippen LogP contribution in [0, 0.1) is 5.82 Å². The van der Waals surface area contributed by atoms with E-state index >= 15 is 0 Å². The first-order valence-electron chi connectivity index (χ1n) is 7.91. The van der Waals surface area contributed by atoms with Gasteiger partial charge >= 0.3 is 0 Å². The highest BCUT2D eigenvalue weighted by Gasteiger charge is 2.33. The van der Waals surface area contributed by atoms with E-state index in [0.29, 0.717) is 25.4 Å². The lowest BCUT2D eigenvalue weighted by atomic mass is 10.1. The molecule has 1 aliphatic rings. The van der Waals surface area contributed by atoms with Gasteiger partial charge in [0.2, 0.25) is 0 Å². The second-order valence-corrected chi connectivity index (χ2v) is 6.25. The van der Waals surface area contributed by atoms with E-state index in [0.717, 1.165) is 12.1 Å². The van der Waals surface area contributed by atoms with Crippen molar-refractivity contribution in [2.45, 2.75) is 12.1 Å². The van der Waals surface area contributed by atoms with Crippen LogP contribution in [0.2, 0.25) is 0 Å². The fourth-order valence-electron chi connectivity index (χ4n) is 2.78. The zero-order valence-corrected chi connectivity index (χ0v) is 13.7. The van der Waals surface area contributed by atoms with Gasteiger partial charge in [-0.2, -0.15) is 5.10 Å². The maximum absolute atomic E-state index is 12.9. The zero-order valence-electron chi connectivity index (χ0n) is 13.7. The van der Waals surface area contributed by atoms with Crippen LogP contribution in [0.5, 0.6) is 5.75 Å². The molecule has 1 aromatic heterocycles. The first kappa shape index (κ1) is 16.9. The summed E-state index contributed by atoms with van der Waals surface area (Å²) in [4.78, 5) is 2.12. The van der Waals surface area contributed by atoms with Crippen LogP contribution in [0.25, 0.3) is 0 Å². The molecular weight excluding hydrogens is 313 g/mol. The smallest absolute Gasteiger partial charge is 0.134 e. The van der Waals surface area contributed by atoms with Crippen LogP contribution in [-0.2, 0) is 18.3 Å². The Morgan fingerprint density at radius 2 is 2.17 bits per heavy atom. The number of hydrogen-bond donors (Lipinski definition) is 1. The Labute approximate surface area is 140 Å². The van der Waals surface area contributed by atoms with Crippen molar-refractivity contribution in [2.75, 3.05) is 32.9 Å². The predicted octanol–water partition coefficient (Wildman–Crippen LogP) is 1.20. The van der Waals surface area contributed by atoms with Crippen LogP contribution < -0.4 is 4.74 Å². The Balaban J connectivity index is 1.60. The van der Waals surface area contributed by atoms with Gasteiger partial charge in [0.25, 0.3) is 0 Å². The van der Waals surface area contributed by atoms with E-state index in [1.165, 1.54) is 12.1 Å². The second kappa shape index (κ2) is 7.29. The summed E-state index contributed by atoms with van der Waals surface area (Å²) in [5.74, 6) is 0.203. The molecule has 0 saturated carbocycles. The van der Waals surface area contributed by atoms with Crippen molar-refractivity contribution in [3.8, 4) is 5.75 Å². The highest BCUT2D eigenvalue weighted by molar-refractivity contribution is 5.22. The van der Waals surface area contributed by atoms with Crippen molar-refractivity contribution >= 4 is 0 Å². The average molecular weight is 335 g/mol. The van der Waals surface area contributed by atoms with Gasteiger partial charge in [0.1, 0.15) is 23.8 Å². The van der Waals surface area contributed by atoms with Crippen LogP contribution in [0.4, 0.5) is 4.39 Å². The molecule has 6 nitrogen and oxygen atoms in total. The quantitative estimate of drug-likeness (QED) is 0.890. The molecular formula is C17H22FN3O3. The molecule has 1 N–H and O–H groups in total. The molecule has 2 heterocycles.